The maximum absolute atomic E-state index is 5.41. The van der Waals surface area contributed by atoms with E-state index < -0.39 is 0 Å². The normalized spacial score (nSPS) is 11.0. The van der Waals surface area contributed by atoms with Crippen LogP contribution in [-0.4, -0.2) is 42.5 Å². The molecule has 0 unspecified atom stereocenters. The highest BCUT2D eigenvalue weighted by molar-refractivity contribution is 5.86. The van der Waals surface area contributed by atoms with E-state index in [0.29, 0.717) is 11.8 Å². The summed E-state index contributed by atoms with van der Waals surface area (Å²) in [6, 6.07) is 9.91. The Bertz CT molecular complexity index is 929. The van der Waals surface area contributed by atoms with Gasteiger partial charge in [0.15, 0.2) is 0 Å². The molecule has 108 valence electrons. The second-order valence-corrected chi connectivity index (χ2v) is 4.62. The van der Waals surface area contributed by atoms with Crippen molar-refractivity contribution in [2.24, 2.45) is 0 Å². The number of aromatic amines is 1. The number of hydrogen-bond donors (Lipinski definition) is 1. The van der Waals surface area contributed by atoms with Gasteiger partial charge in [-0.2, -0.15) is 10.3 Å². The largest absolute Gasteiger partial charge is 0.481 e. The van der Waals surface area contributed by atoms with Gasteiger partial charge in [0.25, 0.3) is 5.95 Å². The van der Waals surface area contributed by atoms with Crippen LogP contribution >= 0.6 is 0 Å². The SMILES string of the molecule is COc1nc2ccccc2cc1-c1cnn(-c2nn[nH]n2)c1. The molecule has 3 aromatic heterocycles. The number of pyridine rings is 1. The minimum Gasteiger partial charge on any atom is -0.481 e. The monoisotopic (exact) mass is 293 g/mol. The summed E-state index contributed by atoms with van der Waals surface area (Å²) in [6.07, 6.45) is 3.52. The number of methoxy groups -OCH3 is 1. The van der Waals surface area contributed by atoms with Gasteiger partial charge in [-0.1, -0.05) is 23.3 Å². The van der Waals surface area contributed by atoms with E-state index in [1.54, 1.807) is 19.5 Å². The van der Waals surface area contributed by atoms with Crippen molar-refractivity contribution in [3.8, 4) is 23.0 Å². The Hall–Kier alpha value is -3.29. The zero-order valence-electron chi connectivity index (χ0n) is 11.6. The lowest BCUT2D eigenvalue weighted by atomic mass is 10.1. The first-order valence-electron chi connectivity index (χ1n) is 6.58. The highest BCUT2D eigenvalue weighted by Gasteiger charge is 2.13. The highest BCUT2D eigenvalue weighted by atomic mass is 16.5. The van der Waals surface area contributed by atoms with Crippen molar-refractivity contribution in [2.75, 3.05) is 7.11 Å². The van der Waals surface area contributed by atoms with Crippen molar-refractivity contribution in [1.29, 1.82) is 0 Å². The third kappa shape index (κ3) is 1.97. The minimum absolute atomic E-state index is 0.374. The molecule has 0 amide bonds. The van der Waals surface area contributed by atoms with Crippen molar-refractivity contribution < 1.29 is 4.74 Å². The van der Waals surface area contributed by atoms with Gasteiger partial charge in [-0.3, -0.25) is 0 Å². The predicted octanol–water partition coefficient (Wildman–Crippen LogP) is 1.61. The van der Waals surface area contributed by atoms with Crippen molar-refractivity contribution in [3.05, 3.63) is 42.7 Å². The predicted molar refractivity (Wildman–Crippen MR) is 78.6 cm³/mol. The van der Waals surface area contributed by atoms with Crippen LogP contribution in [0.4, 0.5) is 0 Å². The minimum atomic E-state index is 0.374. The molecule has 0 saturated heterocycles. The first kappa shape index (κ1) is 12.5. The maximum atomic E-state index is 5.41. The Balaban J connectivity index is 1.86. The molecule has 0 atom stereocenters. The zero-order valence-corrected chi connectivity index (χ0v) is 11.6. The van der Waals surface area contributed by atoms with Gasteiger partial charge in [0.2, 0.25) is 5.88 Å². The second-order valence-electron chi connectivity index (χ2n) is 4.62. The molecule has 1 aromatic carbocycles. The van der Waals surface area contributed by atoms with Gasteiger partial charge in [-0.25, -0.2) is 9.67 Å². The number of ether oxygens (including phenoxy) is 1. The molecule has 22 heavy (non-hydrogen) atoms. The number of fused-ring (bicyclic) bond motifs is 1. The van der Waals surface area contributed by atoms with Crippen LogP contribution in [0.25, 0.3) is 28.0 Å². The third-order valence-corrected chi connectivity index (χ3v) is 3.32. The summed E-state index contributed by atoms with van der Waals surface area (Å²) in [5, 5.41) is 19.0. The molecule has 3 heterocycles. The van der Waals surface area contributed by atoms with E-state index in [2.05, 4.69) is 30.7 Å². The fourth-order valence-corrected chi connectivity index (χ4v) is 2.29. The average Bonchev–Trinajstić information content (AvgIpc) is 3.24. The molecule has 0 aliphatic carbocycles. The molecule has 0 aliphatic rings. The molecule has 0 aliphatic heterocycles. The summed E-state index contributed by atoms with van der Waals surface area (Å²) in [4.78, 5) is 4.53. The van der Waals surface area contributed by atoms with Crippen LogP contribution in [0.15, 0.2) is 42.7 Å². The number of tetrazole rings is 1. The van der Waals surface area contributed by atoms with Crippen LogP contribution in [-0.2, 0) is 0 Å². The van der Waals surface area contributed by atoms with Crippen molar-refractivity contribution >= 4 is 10.9 Å². The lowest BCUT2D eigenvalue weighted by Gasteiger charge is -2.07. The Labute approximate surface area is 124 Å². The molecular formula is C14H11N7O. The number of aromatic nitrogens is 7. The van der Waals surface area contributed by atoms with E-state index >= 15 is 0 Å². The molecule has 1 N–H and O–H groups in total. The van der Waals surface area contributed by atoms with Gasteiger partial charge in [-0.15, -0.1) is 5.10 Å². The van der Waals surface area contributed by atoms with Crippen molar-refractivity contribution in [3.63, 3.8) is 0 Å². The smallest absolute Gasteiger partial charge is 0.290 e. The molecule has 0 bridgehead atoms. The molecule has 0 spiro atoms. The average molecular weight is 293 g/mol. The topological polar surface area (TPSA) is 94.4 Å². The summed E-state index contributed by atoms with van der Waals surface area (Å²) in [5.74, 6) is 0.922. The zero-order chi connectivity index (χ0) is 14.9. The molecule has 4 aromatic rings. The second kappa shape index (κ2) is 4.92. The number of nitrogens with zero attached hydrogens (tertiary/aromatic N) is 6. The van der Waals surface area contributed by atoms with Crippen LogP contribution in [0.1, 0.15) is 0 Å². The summed E-state index contributed by atoms with van der Waals surface area (Å²) >= 11 is 0. The lowest BCUT2D eigenvalue weighted by Crippen LogP contribution is -1.96. The Kier molecular flexibility index (Phi) is 2.78. The quantitative estimate of drug-likeness (QED) is 0.616. The number of para-hydroxylation sites is 1. The maximum Gasteiger partial charge on any atom is 0.290 e. The number of hydrogen-bond acceptors (Lipinski definition) is 6. The van der Waals surface area contributed by atoms with E-state index in [9.17, 15) is 0 Å². The Morgan fingerprint density at radius 1 is 1.23 bits per heavy atom. The summed E-state index contributed by atoms with van der Waals surface area (Å²) in [5.41, 5.74) is 2.60. The van der Waals surface area contributed by atoms with Gasteiger partial charge in [-0.05, 0) is 17.3 Å². The number of benzene rings is 1. The van der Waals surface area contributed by atoms with Gasteiger partial charge < -0.3 is 4.74 Å². The Morgan fingerprint density at radius 3 is 2.95 bits per heavy atom. The summed E-state index contributed by atoms with van der Waals surface area (Å²) in [7, 11) is 1.60. The van der Waals surface area contributed by atoms with Crippen LogP contribution < -0.4 is 4.74 Å². The fraction of sp³-hybridized carbons (Fsp3) is 0.0714. The molecule has 0 saturated carbocycles. The fourth-order valence-electron chi connectivity index (χ4n) is 2.29. The van der Waals surface area contributed by atoms with Crippen LogP contribution in [0.2, 0.25) is 0 Å². The van der Waals surface area contributed by atoms with E-state index in [4.69, 9.17) is 4.74 Å². The van der Waals surface area contributed by atoms with Crippen LogP contribution in [0.5, 0.6) is 5.88 Å². The van der Waals surface area contributed by atoms with Gasteiger partial charge in [0.1, 0.15) is 0 Å². The van der Waals surface area contributed by atoms with Crippen molar-refractivity contribution in [2.45, 2.75) is 0 Å². The number of nitrogens with one attached hydrogen (secondary N) is 1. The van der Waals surface area contributed by atoms with Gasteiger partial charge in [0.05, 0.1) is 18.8 Å². The molecular weight excluding hydrogens is 282 g/mol. The molecule has 0 radical (unpaired) electrons. The van der Waals surface area contributed by atoms with Crippen molar-refractivity contribution in [1.82, 2.24) is 35.4 Å². The van der Waals surface area contributed by atoms with Crippen LogP contribution in [0, 0.1) is 0 Å². The first-order valence-corrected chi connectivity index (χ1v) is 6.58. The highest BCUT2D eigenvalue weighted by Crippen LogP contribution is 2.31. The van der Waals surface area contributed by atoms with E-state index in [1.807, 2.05) is 30.3 Å². The van der Waals surface area contributed by atoms with Gasteiger partial charge >= 0.3 is 0 Å². The number of rotatable bonds is 3. The standard InChI is InChI=1S/C14H11N7O/c1-22-13-11(6-9-4-2-3-5-12(9)16-13)10-7-15-21(8-10)14-17-19-20-18-14/h2-8H,1H3,(H,17,18,19,20). The first-order chi connectivity index (χ1) is 10.8. The van der Waals surface area contributed by atoms with Gasteiger partial charge in [0, 0.05) is 22.7 Å². The van der Waals surface area contributed by atoms with E-state index in [-0.39, 0.29) is 0 Å². The summed E-state index contributed by atoms with van der Waals surface area (Å²) < 4.78 is 6.95. The molecule has 4 rings (SSSR count). The molecule has 8 nitrogen and oxygen atoms in total. The lowest BCUT2D eigenvalue weighted by molar-refractivity contribution is 0.401. The Morgan fingerprint density at radius 2 is 2.14 bits per heavy atom. The molecule has 8 heteroatoms. The van der Waals surface area contributed by atoms with E-state index in [1.165, 1.54) is 4.68 Å². The van der Waals surface area contributed by atoms with Crippen LogP contribution in [0.3, 0.4) is 0 Å². The number of H-pyrrole nitrogens is 1. The molecule has 0 fully saturated rings. The summed E-state index contributed by atoms with van der Waals surface area (Å²) in [6.45, 7) is 0. The van der Waals surface area contributed by atoms with E-state index in [0.717, 1.165) is 22.0 Å². The third-order valence-electron chi connectivity index (χ3n) is 3.32.